The van der Waals surface area contributed by atoms with Gasteiger partial charge in [0.05, 0.1) is 19.9 Å². The normalized spacial score (nSPS) is 13.5. The number of aromatic amines is 1. The number of nitrogens with one attached hydrogen (secondary N) is 1. The minimum absolute atomic E-state index is 0.0587. The standard InChI is InChI=1S/C26H27N7O3/c1-35-21-7-6-17(14-22(21)36-2)19-16-30-26(27)31-24(19)18-13-20(29-15-18)25(34)33-11-9-32(10-12-33)23-5-3-4-8-28-23/h3-8,13-16,29H,9-12H2,1-2H3,(H2,27,30,31). The highest BCUT2D eigenvalue weighted by atomic mass is 16.5. The molecule has 1 aliphatic rings. The number of ether oxygens (including phenoxy) is 2. The largest absolute Gasteiger partial charge is 0.493 e. The average molecular weight is 486 g/mol. The summed E-state index contributed by atoms with van der Waals surface area (Å²) < 4.78 is 10.8. The molecule has 1 fully saturated rings. The van der Waals surface area contributed by atoms with Gasteiger partial charge in [-0.15, -0.1) is 0 Å². The van der Waals surface area contributed by atoms with Crippen molar-refractivity contribution >= 4 is 17.7 Å². The SMILES string of the molecule is COc1ccc(-c2cnc(N)nc2-c2c[nH]c(C(=O)N3CCN(c4ccccn4)CC3)c2)cc1OC. The lowest BCUT2D eigenvalue weighted by Crippen LogP contribution is -2.49. The van der Waals surface area contributed by atoms with Crippen molar-refractivity contribution in [1.82, 2.24) is 24.8 Å². The molecule has 184 valence electrons. The van der Waals surface area contributed by atoms with E-state index in [2.05, 4.69) is 24.8 Å². The van der Waals surface area contributed by atoms with Gasteiger partial charge < -0.3 is 30.0 Å². The summed E-state index contributed by atoms with van der Waals surface area (Å²) in [5.74, 6) is 2.23. The molecule has 10 nitrogen and oxygen atoms in total. The number of pyridine rings is 1. The van der Waals surface area contributed by atoms with Crippen molar-refractivity contribution < 1.29 is 14.3 Å². The first-order chi connectivity index (χ1) is 17.6. The summed E-state index contributed by atoms with van der Waals surface area (Å²) in [5, 5.41) is 0. The van der Waals surface area contributed by atoms with Gasteiger partial charge >= 0.3 is 0 Å². The van der Waals surface area contributed by atoms with E-state index in [1.54, 1.807) is 38.9 Å². The molecule has 4 heterocycles. The van der Waals surface area contributed by atoms with E-state index in [9.17, 15) is 4.79 Å². The highest BCUT2D eigenvalue weighted by Gasteiger charge is 2.24. The van der Waals surface area contributed by atoms with E-state index in [-0.39, 0.29) is 11.9 Å². The lowest BCUT2D eigenvalue weighted by molar-refractivity contribution is 0.0741. The molecule has 36 heavy (non-hydrogen) atoms. The van der Waals surface area contributed by atoms with Crippen LogP contribution in [0.15, 0.2) is 61.1 Å². The minimum atomic E-state index is -0.0587. The van der Waals surface area contributed by atoms with Gasteiger partial charge in [-0.05, 0) is 35.9 Å². The molecule has 0 radical (unpaired) electrons. The predicted molar refractivity (Wildman–Crippen MR) is 137 cm³/mol. The topological polar surface area (TPSA) is 122 Å². The number of nitrogen functional groups attached to an aromatic ring is 1. The fourth-order valence-electron chi connectivity index (χ4n) is 4.33. The number of anilines is 2. The van der Waals surface area contributed by atoms with E-state index in [1.807, 2.05) is 41.3 Å². The first-order valence-electron chi connectivity index (χ1n) is 11.6. The van der Waals surface area contributed by atoms with E-state index in [1.165, 1.54) is 0 Å². The van der Waals surface area contributed by atoms with Crippen molar-refractivity contribution in [2.45, 2.75) is 0 Å². The third-order valence-electron chi connectivity index (χ3n) is 6.23. The van der Waals surface area contributed by atoms with Crippen LogP contribution in [-0.2, 0) is 0 Å². The highest BCUT2D eigenvalue weighted by molar-refractivity contribution is 5.95. The second-order valence-corrected chi connectivity index (χ2v) is 8.33. The monoisotopic (exact) mass is 485 g/mol. The fourth-order valence-corrected chi connectivity index (χ4v) is 4.33. The van der Waals surface area contributed by atoms with Gasteiger partial charge in [-0.2, -0.15) is 0 Å². The molecule has 0 saturated carbocycles. The van der Waals surface area contributed by atoms with Crippen molar-refractivity contribution in [3.05, 3.63) is 66.7 Å². The Balaban J connectivity index is 1.37. The van der Waals surface area contributed by atoms with Gasteiger partial charge in [-0.3, -0.25) is 4.79 Å². The first kappa shape index (κ1) is 23.2. The summed E-state index contributed by atoms with van der Waals surface area (Å²) in [4.78, 5) is 33.5. The van der Waals surface area contributed by atoms with Crippen LogP contribution >= 0.6 is 0 Å². The molecule has 5 rings (SSSR count). The number of aromatic nitrogens is 4. The lowest BCUT2D eigenvalue weighted by atomic mass is 10.0. The Labute approximate surface area is 208 Å². The summed E-state index contributed by atoms with van der Waals surface area (Å²) in [6, 6.07) is 13.2. The van der Waals surface area contributed by atoms with Gasteiger partial charge in [0, 0.05) is 55.9 Å². The second-order valence-electron chi connectivity index (χ2n) is 8.33. The summed E-state index contributed by atoms with van der Waals surface area (Å²) in [5.41, 5.74) is 9.37. The molecular formula is C26H27N7O3. The molecular weight excluding hydrogens is 458 g/mol. The van der Waals surface area contributed by atoms with Crippen molar-refractivity contribution in [2.75, 3.05) is 51.0 Å². The molecule has 3 N–H and O–H groups in total. The quantitative estimate of drug-likeness (QED) is 0.427. The van der Waals surface area contributed by atoms with E-state index >= 15 is 0 Å². The van der Waals surface area contributed by atoms with Gasteiger partial charge in [0.15, 0.2) is 11.5 Å². The van der Waals surface area contributed by atoms with E-state index in [4.69, 9.17) is 15.2 Å². The van der Waals surface area contributed by atoms with Crippen LogP contribution in [0.2, 0.25) is 0 Å². The van der Waals surface area contributed by atoms with E-state index < -0.39 is 0 Å². The molecule has 1 saturated heterocycles. The van der Waals surface area contributed by atoms with Crippen molar-refractivity contribution in [3.63, 3.8) is 0 Å². The molecule has 0 aliphatic carbocycles. The number of nitrogens with zero attached hydrogens (tertiary/aromatic N) is 5. The van der Waals surface area contributed by atoms with Crippen molar-refractivity contribution in [3.8, 4) is 33.9 Å². The highest BCUT2D eigenvalue weighted by Crippen LogP contribution is 2.36. The molecule has 0 spiro atoms. The Hall–Kier alpha value is -4.60. The van der Waals surface area contributed by atoms with Gasteiger partial charge in [-0.1, -0.05) is 12.1 Å². The number of piperazine rings is 1. The molecule has 10 heteroatoms. The van der Waals surface area contributed by atoms with Gasteiger partial charge in [0.25, 0.3) is 5.91 Å². The summed E-state index contributed by atoms with van der Waals surface area (Å²) in [7, 11) is 3.17. The maximum absolute atomic E-state index is 13.2. The molecule has 0 bridgehead atoms. The number of hydrogen-bond acceptors (Lipinski definition) is 8. The van der Waals surface area contributed by atoms with Crippen LogP contribution in [0.3, 0.4) is 0 Å². The van der Waals surface area contributed by atoms with Crippen molar-refractivity contribution in [2.24, 2.45) is 0 Å². The van der Waals surface area contributed by atoms with Crippen LogP contribution in [0.1, 0.15) is 10.5 Å². The number of H-pyrrole nitrogens is 1. The number of benzene rings is 1. The zero-order chi connectivity index (χ0) is 25.1. The summed E-state index contributed by atoms with van der Waals surface area (Å²) in [6.07, 6.45) is 5.22. The van der Waals surface area contributed by atoms with Gasteiger partial charge in [0.2, 0.25) is 5.95 Å². The number of methoxy groups -OCH3 is 2. The van der Waals surface area contributed by atoms with Crippen molar-refractivity contribution in [1.29, 1.82) is 0 Å². The second kappa shape index (κ2) is 9.95. The number of hydrogen-bond donors (Lipinski definition) is 2. The molecule has 3 aromatic heterocycles. The number of nitrogens with two attached hydrogens (primary N) is 1. The fraction of sp³-hybridized carbons (Fsp3) is 0.231. The van der Waals surface area contributed by atoms with Gasteiger partial charge in [0.1, 0.15) is 11.5 Å². The predicted octanol–water partition coefficient (Wildman–Crippen LogP) is 3.10. The maximum Gasteiger partial charge on any atom is 0.270 e. The molecule has 4 aromatic rings. The smallest absolute Gasteiger partial charge is 0.270 e. The van der Waals surface area contributed by atoms with E-state index in [0.29, 0.717) is 36.0 Å². The van der Waals surface area contributed by atoms with Crippen LogP contribution in [0.4, 0.5) is 11.8 Å². The summed E-state index contributed by atoms with van der Waals surface area (Å²) >= 11 is 0. The number of carbonyl (C=O) groups is 1. The lowest BCUT2D eigenvalue weighted by Gasteiger charge is -2.35. The Kier molecular flexibility index (Phi) is 6.40. The van der Waals surface area contributed by atoms with Crippen LogP contribution in [0, 0.1) is 0 Å². The van der Waals surface area contributed by atoms with Gasteiger partial charge in [-0.25, -0.2) is 15.0 Å². The number of amides is 1. The first-order valence-corrected chi connectivity index (χ1v) is 11.6. The third kappa shape index (κ3) is 4.52. The Bertz CT molecular complexity index is 1370. The van der Waals surface area contributed by atoms with Crippen LogP contribution < -0.4 is 20.1 Å². The average Bonchev–Trinajstić information content (AvgIpc) is 3.43. The molecule has 0 unspecified atom stereocenters. The Morgan fingerprint density at radius 1 is 0.972 bits per heavy atom. The Morgan fingerprint density at radius 3 is 2.50 bits per heavy atom. The van der Waals surface area contributed by atoms with Crippen LogP contribution in [-0.4, -0.2) is 71.1 Å². The Morgan fingerprint density at radius 2 is 1.78 bits per heavy atom. The molecule has 1 aliphatic heterocycles. The molecule has 1 aromatic carbocycles. The maximum atomic E-state index is 13.2. The molecule has 0 atom stereocenters. The number of carbonyl (C=O) groups excluding carboxylic acids is 1. The minimum Gasteiger partial charge on any atom is -0.493 e. The van der Waals surface area contributed by atoms with Crippen LogP contribution in [0.5, 0.6) is 11.5 Å². The zero-order valence-corrected chi connectivity index (χ0v) is 20.1. The number of rotatable bonds is 6. The third-order valence-corrected chi connectivity index (χ3v) is 6.23. The molecule has 1 amide bonds. The zero-order valence-electron chi connectivity index (χ0n) is 20.1. The van der Waals surface area contributed by atoms with E-state index in [0.717, 1.165) is 35.6 Å². The summed E-state index contributed by atoms with van der Waals surface area (Å²) in [6.45, 7) is 2.67. The van der Waals surface area contributed by atoms with Crippen LogP contribution in [0.25, 0.3) is 22.4 Å².